The van der Waals surface area contributed by atoms with Gasteiger partial charge in [0, 0.05) is 27.5 Å². The predicted molar refractivity (Wildman–Crippen MR) is 123 cm³/mol. The number of aromatic nitrogens is 1. The highest BCUT2D eigenvalue weighted by atomic mass is 79.9. The van der Waals surface area contributed by atoms with Crippen molar-refractivity contribution in [2.75, 3.05) is 20.1 Å². The number of carbonyl (C=O) groups excluding carboxylic acids is 3. The molecule has 0 saturated carbocycles. The van der Waals surface area contributed by atoms with E-state index >= 15 is 0 Å². The zero-order chi connectivity index (χ0) is 23.0. The van der Waals surface area contributed by atoms with E-state index in [0.29, 0.717) is 12.0 Å². The van der Waals surface area contributed by atoms with Gasteiger partial charge in [-0.3, -0.25) is 4.79 Å². The number of H-pyrrole nitrogens is 1. The zero-order valence-electron chi connectivity index (χ0n) is 17.4. The quantitative estimate of drug-likeness (QED) is 0.416. The lowest BCUT2D eigenvalue weighted by atomic mass is 9.87. The van der Waals surface area contributed by atoms with Crippen LogP contribution in [0, 0.1) is 0 Å². The fourth-order valence-electron chi connectivity index (χ4n) is 4.28. The van der Waals surface area contributed by atoms with Crippen molar-refractivity contribution in [1.29, 1.82) is 0 Å². The molecule has 1 aliphatic rings. The Morgan fingerprint density at radius 3 is 2.47 bits per heavy atom. The van der Waals surface area contributed by atoms with E-state index in [1.54, 1.807) is 24.3 Å². The molecule has 1 amide bonds. The fourth-order valence-corrected chi connectivity index (χ4v) is 4.78. The Morgan fingerprint density at radius 1 is 1.12 bits per heavy atom. The van der Waals surface area contributed by atoms with Gasteiger partial charge < -0.3 is 19.4 Å². The number of halogens is 2. The van der Waals surface area contributed by atoms with E-state index in [9.17, 15) is 14.4 Å². The third-order valence-electron chi connectivity index (χ3n) is 5.71. The molecule has 9 heteroatoms. The van der Waals surface area contributed by atoms with E-state index in [1.807, 2.05) is 18.2 Å². The van der Waals surface area contributed by atoms with Crippen LogP contribution in [0.3, 0.4) is 0 Å². The van der Waals surface area contributed by atoms with Crippen molar-refractivity contribution in [3.63, 3.8) is 0 Å². The Balaban J connectivity index is 1.94. The number of methoxy groups -OCH3 is 2. The maximum absolute atomic E-state index is 13.0. The molecule has 7 nitrogen and oxygen atoms in total. The summed E-state index contributed by atoms with van der Waals surface area (Å²) in [6.45, 7) is 0. The number of nitrogens with one attached hydrogen (secondary N) is 1. The second-order valence-corrected chi connectivity index (χ2v) is 8.58. The highest BCUT2D eigenvalue weighted by Gasteiger charge is 2.43. The molecule has 0 spiro atoms. The van der Waals surface area contributed by atoms with Gasteiger partial charge in [-0.25, -0.2) is 9.59 Å². The number of hydrogen-bond donors (Lipinski definition) is 1. The molecule has 2 heterocycles. The molecule has 0 bridgehead atoms. The molecular weight excluding hydrogens is 500 g/mol. The molecule has 32 heavy (non-hydrogen) atoms. The Hall–Kier alpha value is -2.84. The van der Waals surface area contributed by atoms with Crippen LogP contribution in [-0.2, 0) is 25.5 Å². The fraction of sp³-hybridized carbons (Fsp3) is 0.261. The van der Waals surface area contributed by atoms with Gasteiger partial charge >= 0.3 is 11.9 Å². The minimum absolute atomic E-state index is 0.286. The third kappa shape index (κ3) is 3.78. The summed E-state index contributed by atoms with van der Waals surface area (Å²) in [7, 11) is 2.61. The van der Waals surface area contributed by atoms with Gasteiger partial charge in [-0.15, -0.1) is 11.6 Å². The van der Waals surface area contributed by atoms with Crippen molar-refractivity contribution in [2.24, 2.45) is 0 Å². The van der Waals surface area contributed by atoms with Gasteiger partial charge in [-0.2, -0.15) is 0 Å². The first-order chi connectivity index (χ1) is 15.4. The van der Waals surface area contributed by atoms with Gasteiger partial charge in [0.1, 0.15) is 11.9 Å². The molecule has 2 aromatic carbocycles. The minimum atomic E-state index is -0.841. The molecule has 1 aromatic heterocycles. The first-order valence-electron chi connectivity index (χ1n) is 9.82. The summed E-state index contributed by atoms with van der Waals surface area (Å²) in [6, 6.07) is 11.1. The molecule has 1 aliphatic heterocycles. The van der Waals surface area contributed by atoms with Crippen LogP contribution in [-0.4, -0.2) is 53.9 Å². The number of amides is 1. The van der Waals surface area contributed by atoms with Gasteiger partial charge in [-0.05, 0) is 35.4 Å². The number of esters is 2. The summed E-state index contributed by atoms with van der Waals surface area (Å²) in [6.07, 6.45) is 0.295. The molecular formula is C23H20BrClN2O5. The first-order valence-corrected chi connectivity index (χ1v) is 11.2. The number of nitrogens with zero attached hydrogens (tertiary/aromatic N) is 1. The second kappa shape index (κ2) is 8.96. The zero-order valence-corrected chi connectivity index (χ0v) is 19.7. The van der Waals surface area contributed by atoms with Crippen LogP contribution >= 0.6 is 27.5 Å². The van der Waals surface area contributed by atoms with Crippen LogP contribution in [0.4, 0.5) is 0 Å². The molecule has 4 rings (SSSR count). The normalized spacial score (nSPS) is 17.7. The van der Waals surface area contributed by atoms with Crippen LogP contribution in [0.1, 0.15) is 33.2 Å². The lowest BCUT2D eigenvalue weighted by Crippen LogP contribution is -2.52. The Morgan fingerprint density at radius 2 is 1.84 bits per heavy atom. The summed E-state index contributed by atoms with van der Waals surface area (Å²) in [5, 5.41) is 0.964. The van der Waals surface area contributed by atoms with Crippen LogP contribution in [0.2, 0.25) is 0 Å². The van der Waals surface area contributed by atoms with Crippen molar-refractivity contribution in [1.82, 2.24) is 9.88 Å². The number of rotatable bonds is 4. The number of benzene rings is 2. The summed E-state index contributed by atoms with van der Waals surface area (Å²) < 4.78 is 10.7. The SMILES string of the molecule is COC(=O)c1ccc([C@H]2c3[nH]c4cc(Br)ccc4c3C[C@H](C(=O)OC)N2C(=O)CCl)cc1. The summed E-state index contributed by atoms with van der Waals surface area (Å²) >= 11 is 9.43. The van der Waals surface area contributed by atoms with Gasteiger partial charge in [0.15, 0.2) is 0 Å². The lowest BCUT2D eigenvalue weighted by molar-refractivity contribution is -0.154. The summed E-state index contributed by atoms with van der Waals surface area (Å²) in [5.41, 5.74) is 3.71. The summed E-state index contributed by atoms with van der Waals surface area (Å²) in [4.78, 5) is 42.5. The molecule has 166 valence electrons. The topological polar surface area (TPSA) is 88.7 Å². The van der Waals surface area contributed by atoms with Crippen molar-refractivity contribution < 1.29 is 23.9 Å². The maximum atomic E-state index is 13.0. The number of ether oxygens (including phenoxy) is 2. The Bertz CT molecular complexity index is 1210. The van der Waals surface area contributed by atoms with Crippen LogP contribution in [0.15, 0.2) is 46.9 Å². The molecule has 1 N–H and O–H groups in total. The van der Waals surface area contributed by atoms with E-state index in [2.05, 4.69) is 20.9 Å². The molecule has 0 fully saturated rings. The average Bonchev–Trinajstić information content (AvgIpc) is 3.18. The monoisotopic (exact) mass is 518 g/mol. The van der Waals surface area contributed by atoms with E-state index in [-0.39, 0.29) is 5.88 Å². The molecule has 3 aromatic rings. The van der Waals surface area contributed by atoms with Crippen molar-refractivity contribution in [2.45, 2.75) is 18.5 Å². The number of alkyl halides is 1. The summed E-state index contributed by atoms with van der Waals surface area (Å²) in [5.74, 6) is -1.66. The van der Waals surface area contributed by atoms with Gasteiger partial charge in [0.05, 0.1) is 25.8 Å². The van der Waals surface area contributed by atoms with Gasteiger partial charge in [-0.1, -0.05) is 34.1 Å². The van der Waals surface area contributed by atoms with E-state index in [0.717, 1.165) is 32.2 Å². The van der Waals surface area contributed by atoms with E-state index < -0.39 is 29.9 Å². The van der Waals surface area contributed by atoms with Crippen molar-refractivity contribution >= 4 is 56.3 Å². The van der Waals surface area contributed by atoms with Crippen molar-refractivity contribution in [3.05, 3.63) is 69.3 Å². The molecule has 0 saturated heterocycles. The third-order valence-corrected chi connectivity index (χ3v) is 6.43. The molecule has 0 unspecified atom stereocenters. The predicted octanol–water partition coefficient (Wildman–Crippen LogP) is 3.97. The van der Waals surface area contributed by atoms with Crippen LogP contribution < -0.4 is 0 Å². The van der Waals surface area contributed by atoms with E-state index in [1.165, 1.54) is 19.1 Å². The largest absolute Gasteiger partial charge is 0.467 e. The molecule has 0 aliphatic carbocycles. The number of hydrogen-bond acceptors (Lipinski definition) is 5. The standard InChI is InChI=1S/C23H20BrClN2O5/c1-31-22(29)13-5-3-12(4-6-13)21-20-16(15-8-7-14(24)9-17(15)26-20)10-18(23(30)32-2)27(21)19(28)11-25/h3-9,18,21,26H,10-11H2,1-2H3/t18-,21+/m1/s1. The second-order valence-electron chi connectivity index (χ2n) is 7.40. The van der Waals surface area contributed by atoms with Crippen molar-refractivity contribution in [3.8, 4) is 0 Å². The highest BCUT2D eigenvalue weighted by molar-refractivity contribution is 9.10. The highest BCUT2D eigenvalue weighted by Crippen LogP contribution is 2.41. The smallest absolute Gasteiger partial charge is 0.337 e. The average molecular weight is 520 g/mol. The van der Waals surface area contributed by atoms with E-state index in [4.69, 9.17) is 21.1 Å². The van der Waals surface area contributed by atoms with Crippen LogP contribution in [0.5, 0.6) is 0 Å². The molecule has 2 atom stereocenters. The first kappa shape index (κ1) is 22.4. The Kier molecular flexibility index (Phi) is 6.26. The van der Waals surface area contributed by atoms with Gasteiger partial charge in [0.2, 0.25) is 5.91 Å². The van der Waals surface area contributed by atoms with Gasteiger partial charge in [0.25, 0.3) is 0 Å². The number of fused-ring (bicyclic) bond motifs is 3. The number of aromatic amines is 1. The number of carbonyl (C=O) groups is 3. The minimum Gasteiger partial charge on any atom is -0.467 e. The Labute approximate surface area is 197 Å². The molecule has 0 radical (unpaired) electrons. The van der Waals surface area contributed by atoms with Crippen LogP contribution in [0.25, 0.3) is 10.9 Å². The maximum Gasteiger partial charge on any atom is 0.337 e. The lowest BCUT2D eigenvalue weighted by Gasteiger charge is -2.40.